The fourth-order valence-electron chi connectivity index (χ4n) is 3.59. The zero-order chi connectivity index (χ0) is 21.2. The minimum atomic E-state index is -0.407. The number of esters is 1. The molecule has 1 aromatic heterocycles. The quantitative estimate of drug-likeness (QED) is 0.502. The number of allylic oxidation sites excluding steroid dienone is 1. The Hall–Kier alpha value is -2.54. The molecule has 154 valence electrons. The van der Waals surface area contributed by atoms with Gasteiger partial charge in [-0.3, -0.25) is 9.59 Å². The van der Waals surface area contributed by atoms with Gasteiger partial charge in [0.05, 0.1) is 11.4 Å². The van der Waals surface area contributed by atoms with E-state index in [1.54, 1.807) is 6.08 Å². The molecule has 0 saturated heterocycles. The van der Waals surface area contributed by atoms with Gasteiger partial charge in [-0.05, 0) is 25.5 Å². The molecule has 0 aliphatic carbocycles. The maximum absolute atomic E-state index is 12.4. The number of carbonyl (C=O) groups is 2. The van der Waals surface area contributed by atoms with Crippen LogP contribution in [0, 0.1) is 13.8 Å². The third-order valence-electron chi connectivity index (χ3n) is 5.26. The Balaban J connectivity index is 1.53. The number of fused-ring (bicyclic) bond motifs is 1. The van der Waals surface area contributed by atoms with Crippen molar-refractivity contribution in [3.05, 3.63) is 58.6 Å². The number of nitrogens with zero attached hydrogens (tertiary/aromatic N) is 2. The number of hydrogen-bond acceptors (Lipinski definition) is 7. The van der Waals surface area contributed by atoms with Crippen molar-refractivity contribution in [3.8, 4) is 0 Å². The minimum Gasteiger partial charge on any atom is -0.457 e. The predicted molar refractivity (Wildman–Crippen MR) is 114 cm³/mol. The largest absolute Gasteiger partial charge is 0.457 e. The van der Waals surface area contributed by atoms with Gasteiger partial charge in [0, 0.05) is 41.2 Å². The van der Waals surface area contributed by atoms with Crippen LogP contribution in [-0.4, -0.2) is 36.3 Å². The van der Waals surface area contributed by atoms with Crippen LogP contribution in [0.3, 0.4) is 0 Å². The van der Waals surface area contributed by atoms with E-state index in [2.05, 4.69) is 25.1 Å². The molecule has 1 aromatic carbocycles. The Morgan fingerprint density at radius 1 is 1.28 bits per heavy atom. The Bertz CT molecular complexity index is 942. The number of hydrogen-bond donors (Lipinski definition) is 0. The van der Waals surface area contributed by atoms with Crippen molar-refractivity contribution in [2.45, 2.75) is 38.9 Å². The number of carbonyl (C=O) groups excluding carboxylic acids is 2. The SMILES string of the molecule is Cc1noc(C)c1CSCC(=O)OCC(=O)/C=C1\N(C)c2ccccc2C1(C)C. The normalized spacial score (nSPS) is 16.2. The molecule has 2 aromatic rings. The van der Waals surface area contributed by atoms with E-state index in [1.165, 1.54) is 17.3 Å². The Morgan fingerprint density at radius 3 is 2.66 bits per heavy atom. The molecule has 0 unspecified atom stereocenters. The van der Waals surface area contributed by atoms with E-state index in [-0.39, 0.29) is 23.6 Å². The van der Waals surface area contributed by atoms with Crippen LogP contribution in [0.25, 0.3) is 0 Å². The zero-order valence-electron chi connectivity index (χ0n) is 17.4. The molecule has 6 nitrogen and oxygen atoms in total. The highest BCUT2D eigenvalue weighted by atomic mass is 32.2. The highest BCUT2D eigenvalue weighted by molar-refractivity contribution is 7.99. The number of rotatable bonds is 7. The van der Waals surface area contributed by atoms with Crippen molar-refractivity contribution >= 4 is 29.2 Å². The molecule has 3 rings (SSSR count). The summed E-state index contributed by atoms with van der Waals surface area (Å²) < 4.78 is 10.3. The standard InChI is InChI=1S/C22H26N2O4S/c1-14-17(15(2)28-23-14)12-29-13-21(26)27-11-16(25)10-20-22(3,4)18-8-6-7-9-19(18)24(20)5/h6-10H,11-13H2,1-5H3/b20-10-. The Labute approximate surface area is 175 Å². The van der Waals surface area contributed by atoms with Gasteiger partial charge in [-0.25, -0.2) is 0 Å². The minimum absolute atomic E-state index is 0.171. The van der Waals surface area contributed by atoms with Crippen LogP contribution >= 0.6 is 11.8 Å². The fourth-order valence-corrected chi connectivity index (χ4v) is 4.56. The summed E-state index contributed by atoms with van der Waals surface area (Å²) in [6.45, 7) is 7.64. The van der Waals surface area contributed by atoms with Gasteiger partial charge >= 0.3 is 5.97 Å². The van der Waals surface area contributed by atoms with E-state index in [9.17, 15) is 9.59 Å². The van der Waals surface area contributed by atoms with E-state index in [0.717, 1.165) is 28.4 Å². The highest BCUT2D eigenvalue weighted by Crippen LogP contribution is 2.46. The van der Waals surface area contributed by atoms with Crippen molar-refractivity contribution in [2.24, 2.45) is 0 Å². The van der Waals surface area contributed by atoms with Gasteiger partial charge in [0.25, 0.3) is 0 Å². The third kappa shape index (κ3) is 4.40. The molecule has 1 aliphatic rings. The second-order valence-corrected chi connectivity index (χ2v) is 8.64. The summed E-state index contributed by atoms with van der Waals surface area (Å²) in [6, 6.07) is 8.10. The number of aryl methyl sites for hydroxylation is 2. The third-order valence-corrected chi connectivity index (χ3v) is 6.19. The molecule has 7 heteroatoms. The summed E-state index contributed by atoms with van der Waals surface area (Å²) in [5.41, 5.74) is 4.70. The average molecular weight is 415 g/mol. The maximum Gasteiger partial charge on any atom is 0.316 e. The number of aromatic nitrogens is 1. The fraction of sp³-hybridized carbons (Fsp3) is 0.409. The van der Waals surface area contributed by atoms with Crippen LogP contribution in [0.1, 0.15) is 36.4 Å². The first-order valence-electron chi connectivity index (χ1n) is 9.45. The molecule has 0 saturated carbocycles. The van der Waals surface area contributed by atoms with Gasteiger partial charge in [0.1, 0.15) is 5.76 Å². The summed E-state index contributed by atoms with van der Waals surface area (Å²) in [7, 11) is 1.95. The lowest BCUT2D eigenvalue weighted by Gasteiger charge is -2.23. The average Bonchev–Trinajstić information content (AvgIpc) is 3.10. The molecule has 0 fully saturated rings. The van der Waals surface area contributed by atoms with Gasteiger partial charge in [0.2, 0.25) is 0 Å². The first-order chi connectivity index (χ1) is 13.7. The van der Waals surface area contributed by atoms with E-state index in [4.69, 9.17) is 9.26 Å². The summed E-state index contributed by atoms with van der Waals surface area (Å²) in [5.74, 6) is 0.915. The molecule has 1 aliphatic heterocycles. The summed E-state index contributed by atoms with van der Waals surface area (Å²) >= 11 is 1.41. The van der Waals surface area contributed by atoms with Crippen molar-refractivity contribution < 1.29 is 18.8 Å². The smallest absolute Gasteiger partial charge is 0.316 e. The molecule has 0 amide bonds. The number of ether oxygens (including phenoxy) is 1. The number of thioether (sulfide) groups is 1. The number of para-hydroxylation sites is 1. The lowest BCUT2D eigenvalue weighted by molar-refractivity contribution is -0.144. The van der Waals surface area contributed by atoms with Gasteiger partial charge in [-0.2, -0.15) is 0 Å². The van der Waals surface area contributed by atoms with E-state index < -0.39 is 5.97 Å². The molecule has 29 heavy (non-hydrogen) atoms. The first kappa shape index (κ1) is 21.2. The van der Waals surface area contributed by atoms with Crippen LogP contribution in [-0.2, 0) is 25.5 Å². The van der Waals surface area contributed by atoms with Crippen molar-refractivity contribution in [1.82, 2.24) is 5.16 Å². The van der Waals surface area contributed by atoms with E-state index in [0.29, 0.717) is 5.75 Å². The second kappa shape index (κ2) is 8.45. The van der Waals surface area contributed by atoms with Crippen molar-refractivity contribution in [3.63, 3.8) is 0 Å². The maximum atomic E-state index is 12.4. The summed E-state index contributed by atoms with van der Waals surface area (Å²) in [6.07, 6.45) is 1.59. The van der Waals surface area contributed by atoms with E-state index >= 15 is 0 Å². The van der Waals surface area contributed by atoms with Gasteiger partial charge in [-0.1, -0.05) is 37.2 Å². The number of ketones is 1. The monoisotopic (exact) mass is 414 g/mol. The number of anilines is 1. The molecule has 0 N–H and O–H groups in total. The topological polar surface area (TPSA) is 72.6 Å². The molecular formula is C22H26N2O4S. The van der Waals surface area contributed by atoms with Crippen LogP contribution < -0.4 is 4.90 Å². The number of benzene rings is 1. The predicted octanol–water partition coefficient (Wildman–Crippen LogP) is 3.95. The van der Waals surface area contributed by atoms with Gasteiger partial charge in [0.15, 0.2) is 12.4 Å². The van der Waals surface area contributed by atoms with Crippen molar-refractivity contribution in [2.75, 3.05) is 24.3 Å². The molecule has 0 bridgehead atoms. The summed E-state index contributed by atoms with van der Waals surface area (Å²) in [5, 5.41) is 3.90. The molecule has 0 atom stereocenters. The Kier molecular flexibility index (Phi) is 6.17. The first-order valence-corrected chi connectivity index (χ1v) is 10.6. The van der Waals surface area contributed by atoms with E-state index in [1.807, 2.05) is 44.0 Å². The molecule has 0 radical (unpaired) electrons. The van der Waals surface area contributed by atoms with Gasteiger partial charge < -0.3 is 14.2 Å². The van der Waals surface area contributed by atoms with Gasteiger partial charge in [-0.15, -0.1) is 11.8 Å². The Morgan fingerprint density at radius 2 is 2.00 bits per heavy atom. The lowest BCUT2D eigenvalue weighted by atomic mass is 9.83. The summed E-state index contributed by atoms with van der Waals surface area (Å²) in [4.78, 5) is 26.4. The molecular weight excluding hydrogens is 388 g/mol. The molecule has 2 heterocycles. The molecule has 0 spiro atoms. The van der Waals surface area contributed by atoms with Crippen molar-refractivity contribution in [1.29, 1.82) is 0 Å². The highest BCUT2D eigenvalue weighted by Gasteiger charge is 2.38. The lowest BCUT2D eigenvalue weighted by Crippen LogP contribution is -2.25. The van der Waals surface area contributed by atoms with Crippen LogP contribution in [0.5, 0.6) is 0 Å². The second-order valence-electron chi connectivity index (χ2n) is 7.65. The van der Waals surface area contributed by atoms with Crippen LogP contribution in [0.4, 0.5) is 5.69 Å². The van der Waals surface area contributed by atoms with Crippen LogP contribution in [0.15, 0.2) is 40.6 Å². The zero-order valence-corrected chi connectivity index (χ0v) is 18.3. The number of likely N-dealkylation sites (N-methyl/N-ethyl adjacent to an activating group) is 1. The van der Waals surface area contributed by atoms with Crippen LogP contribution in [0.2, 0.25) is 0 Å².